The van der Waals surface area contributed by atoms with Gasteiger partial charge in [0, 0.05) is 31.8 Å². The Morgan fingerprint density at radius 3 is 2.73 bits per heavy atom. The Bertz CT molecular complexity index is 570. The first-order chi connectivity index (χ1) is 10.6. The van der Waals surface area contributed by atoms with E-state index in [0.717, 1.165) is 38.0 Å². The number of anilines is 1. The molecule has 0 radical (unpaired) electrons. The summed E-state index contributed by atoms with van der Waals surface area (Å²) in [4.78, 5) is 34.8. The average Bonchev–Trinajstić information content (AvgIpc) is 2.94. The molecule has 2 aliphatic rings. The smallest absolute Gasteiger partial charge is 0.415 e. The molecule has 2 fully saturated rings. The van der Waals surface area contributed by atoms with Crippen molar-refractivity contribution < 1.29 is 14.3 Å². The number of hydrogen-bond donors (Lipinski definition) is 0. The monoisotopic (exact) mass is 304 g/mol. The second-order valence-corrected chi connectivity index (χ2v) is 5.79. The maximum absolute atomic E-state index is 11.6. The number of aromatic nitrogens is 2. The van der Waals surface area contributed by atoms with Crippen LogP contribution in [0.3, 0.4) is 0 Å². The molecule has 3 heterocycles. The van der Waals surface area contributed by atoms with E-state index in [1.165, 1.54) is 11.2 Å². The van der Waals surface area contributed by atoms with Crippen molar-refractivity contribution in [3.05, 3.63) is 18.1 Å². The first-order valence-corrected chi connectivity index (χ1v) is 7.64. The summed E-state index contributed by atoms with van der Waals surface area (Å²) >= 11 is 0. The molecule has 0 unspecified atom stereocenters. The molecule has 1 aromatic heterocycles. The fourth-order valence-corrected chi connectivity index (χ4v) is 2.99. The van der Waals surface area contributed by atoms with E-state index < -0.39 is 0 Å². The number of likely N-dealkylation sites (tertiary alicyclic amines) is 1. The highest BCUT2D eigenvalue weighted by Crippen LogP contribution is 2.23. The summed E-state index contributed by atoms with van der Waals surface area (Å²) in [7, 11) is 0. The van der Waals surface area contributed by atoms with E-state index in [1.54, 1.807) is 6.92 Å². The topological polar surface area (TPSA) is 75.6 Å². The second-order valence-electron chi connectivity index (χ2n) is 5.79. The molecule has 118 valence electrons. The van der Waals surface area contributed by atoms with E-state index in [0.29, 0.717) is 24.9 Å². The molecule has 0 bridgehead atoms. The summed E-state index contributed by atoms with van der Waals surface area (Å²) in [5, 5.41) is 0. The number of ether oxygens (including phenoxy) is 1. The van der Waals surface area contributed by atoms with Crippen molar-refractivity contribution in [2.45, 2.75) is 26.2 Å². The maximum atomic E-state index is 11.6. The van der Waals surface area contributed by atoms with Crippen molar-refractivity contribution in [2.24, 2.45) is 5.92 Å². The van der Waals surface area contributed by atoms with Crippen molar-refractivity contribution in [3.63, 3.8) is 0 Å². The van der Waals surface area contributed by atoms with Crippen LogP contribution in [-0.4, -0.2) is 53.1 Å². The standard InChI is InChI=1S/C15H20N4O3/c1-11(20)18-4-2-12(3-5-18)8-13-9-14(17-10-16-13)19-6-7-22-15(19)21/h9-10,12H,2-8H2,1H3. The van der Waals surface area contributed by atoms with Crippen molar-refractivity contribution in [2.75, 3.05) is 31.1 Å². The summed E-state index contributed by atoms with van der Waals surface area (Å²) in [5.41, 5.74) is 0.936. The van der Waals surface area contributed by atoms with Gasteiger partial charge < -0.3 is 9.64 Å². The molecule has 3 rings (SSSR count). The zero-order valence-electron chi connectivity index (χ0n) is 12.7. The normalized spacial score (nSPS) is 19.4. The molecular formula is C15H20N4O3. The van der Waals surface area contributed by atoms with Gasteiger partial charge in [0.05, 0.1) is 6.54 Å². The number of amides is 2. The lowest BCUT2D eigenvalue weighted by atomic mass is 9.92. The van der Waals surface area contributed by atoms with Gasteiger partial charge in [0.25, 0.3) is 0 Å². The Hall–Kier alpha value is -2.18. The SMILES string of the molecule is CC(=O)N1CCC(Cc2cc(N3CCOC3=O)ncn2)CC1. The van der Waals surface area contributed by atoms with Gasteiger partial charge in [-0.2, -0.15) is 0 Å². The molecule has 0 atom stereocenters. The van der Waals surface area contributed by atoms with E-state index in [-0.39, 0.29) is 12.0 Å². The van der Waals surface area contributed by atoms with Crippen LogP contribution < -0.4 is 4.90 Å². The van der Waals surface area contributed by atoms with Crippen LogP contribution in [0.5, 0.6) is 0 Å². The van der Waals surface area contributed by atoms with Gasteiger partial charge in [0.15, 0.2) is 0 Å². The summed E-state index contributed by atoms with van der Waals surface area (Å²) in [6.45, 7) is 4.19. The average molecular weight is 304 g/mol. The quantitative estimate of drug-likeness (QED) is 0.839. The van der Waals surface area contributed by atoms with Gasteiger partial charge in [-0.3, -0.25) is 9.69 Å². The first-order valence-electron chi connectivity index (χ1n) is 7.64. The number of carbonyl (C=O) groups excluding carboxylic acids is 2. The van der Waals surface area contributed by atoms with Crippen LogP contribution in [-0.2, 0) is 16.0 Å². The van der Waals surface area contributed by atoms with Crippen LogP contribution in [0.4, 0.5) is 10.6 Å². The van der Waals surface area contributed by atoms with Crippen molar-refractivity contribution in [3.8, 4) is 0 Å². The lowest BCUT2D eigenvalue weighted by molar-refractivity contribution is -0.130. The molecule has 0 N–H and O–H groups in total. The highest BCUT2D eigenvalue weighted by Gasteiger charge is 2.26. The lowest BCUT2D eigenvalue weighted by Crippen LogP contribution is -2.37. The molecule has 2 aliphatic heterocycles. The third-order valence-corrected chi connectivity index (χ3v) is 4.30. The predicted octanol–water partition coefficient (Wildman–Crippen LogP) is 1.23. The molecule has 22 heavy (non-hydrogen) atoms. The molecule has 0 aromatic carbocycles. The molecule has 7 nitrogen and oxygen atoms in total. The minimum atomic E-state index is -0.348. The van der Waals surface area contributed by atoms with Crippen LogP contribution in [0.2, 0.25) is 0 Å². The Kier molecular flexibility index (Phi) is 4.22. The van der Waals surface area contributed by atoms with E-state index in [2.05, 4.69) is 9.97 Å². The zero-order chi connectivity index (χ0) is 15.5. The fraction of sp³-hybridized carbons (Fsp3) is 0.600. The maximum Gasteiger partial charge on any atom is 0.415 e. The molecule has 0 aliphatic carbocycles. The van der Waals surface area contributed by atoms with Crippen molar-refractivity contribution >= 4 is 17.8 Å². The molecule has 2 amide bonds. The Morgan fingerprint density at radius 2 is 2.09 bits per heavy atom. The number of carbonyl (C=O) groups is 2. The summed E-state index contributed by atoms with van der Waals surface area (Å²) in [5.74, 6) is 1.27. The first kappa shape index (κ1) is 14.7. The van der Waals surface area contributed by atoms with Crippen LogP contribution in [0.1, 0.15) is 25.5 Å². The third kappa shape index (κ3) is 3.18. The Morgan fingerprint density at radius 1 is 1.32 bits per heavy atom. The van der Waals surface area contributed by atoms with Gasteiger partial charge in [-0.15, -0.1) is 0 Å². The molecular weight excluding hydrogens is 284 g/mol. The largest absolute Gasteiger partial charge is 0.447 e. The van der Waals surface area contributed by atoms with Gasteiger partial charge in [-0.05, 0) is 25.2 Å². The van der Waals surface area contributed by atoms with Crippen LogP contribution in [0.15, 0.2) is 12.4 Å². The predicted molar refractivity (Wildman–Crippen MR) is 79.4 cm³/mol. The Balaban J connectivity index is 1.61. The van der Waals surface area contributed by atoms with Gasteiger partial charge in [0.1, 0.15) is 18.8 Å². The van der Waals surface area contributed by atoms with Gasteiger partial charge in [-0.1, -0.05) is 0 Å². The molecule has 2 saturated heterocycles. The zero-order valence-corrected chi connectivity index (χ0v) is 12.7. The van der Waals surface area contributed by atoms with Gasteiger partial charge in [-0.25, -0.2) is 14.8 Å². The lowest BCUT2D eigenvalue weighted by Gasteiger charge is -2.31. The summed E-state index contributed by atoms with van der Waals surface area (Å²) in [6.07, 6.45) is 3.99. The van der Waals surface area contributed by atoms with E-state index in [9.17, 15) is 9.59 Å². The molecule has 7 heteroatoms. The molecule has 0 spiro atoms. The van der Waals surface area contributed by atoms with Crippen molar-refractivity contribution in [1.82, 2.24) is 14.9 Å². The van der Waals surface area contributed by atoms with Crippen LogP contribution in [0.25, 0.3) is 0 Å². The van der Waals surface area contributed by atoms with Crippen LogP contribution in [0, 0.1) is 5.92 Å². The highest BCUT2D eigenvalue weighted by molar-refractivity contribution is 5.88. The van der Waals surface area contributed by atoms with Crippen molar-refractivity contribution in [1.29, 1.82) is 0 Å². The van der Waals surface area contributed by atoms with E-state index in [1.807, 2.05) is 11.0 Å². The summed E-state index contributed by atoms with van der Waals surface area (Å²) in [6, 6.07) is 1.87. The fourth-order valence-electron chi connectivity index (χ4n) is 2.99. The van der Waals surface area contributed by atoms with Crippen LogP contribution >= 0.6 is 0 Å². The summed E-state index contributed by atoms with van der Waals surface area (Å²) < 4.78 is 4.93. The minimum Gasteiger partial charge on any atom is -0.447 e. The number of rotatable bonds is 3. The minimum absolute atomic E-state index is 0.148. The molecule has 0 saturated carbocycles. The second kappa shape index (κ2) is 6.29. The van der Waals surface area contributed by atoms with E-state index >= 15 is 0 Å². The van der Waals surface area contributed by atoms with Gasteiger partial charge in [0.2, 0.25) is 5.91 Å². The number of nitrogens with zero attached hydrogens (tertiary/aromatic N) is 4. The number of piperidine rings is 1. The number of hydrogen-bond acceptors (Lipinski definition) is 5. The molecule has 1 aromatic rings. The number of cyclic esters (lactones) is 1. The van der Waals surface area contributed by atoms with E-state index in [4.69, 9.17) is 4.74 Å². The van der Waals surface area contributed by atoms with Gasteiger partial charge >= 0.3 is 6.09 Å². The highest BCUT2D eigenvalue weighted by atomic mass is 16.6. The Labute approximate surface area is 129 Å². The third-order valence-electron chi connectivity index (χ3n) is 4.30.